The van der Waals surface area contributed by atoms with Gasteiger partial charge in [-0.25, -0.2) is 4.98 Å². The first-order chi connectivity index (χ1) is 12.5. The number of hydrogen-bond acceptors (Lipinski definition) is 5. The summed E-state index contributed by atoms with van der Waals surface area (Å²) in [7, 11) is 0. The van der Waals surface area contributed by atoms with Gasteiger partial charge in [0.15, 0.2) is 0 Å². The Hall–Kier alpha value is -2.76. The monoisotopic (exact) mass is 350 g/mol. The molecule has 6 nitrogen and oxygen atoms in total. The third kappa shape index (κ3) is 3.07. The van der Waals surface area contributed by atoms with Gasteiger partial charge in [-0.2, -0.15) is 0 Å². The van der Waals surface area contributed by atoms with Gasteiger partial charge in [0, 0.05) is 17.8 Å². The van der Waals surface area contributed by atoms with Crippen LogP contribution in [0.1, 0.15) is 78.9 Å². The van der Waals surface area contributed by atoms with E-state index in [2.05, 4.69) is 20.4 Å². The summed E-state index contributed by atoms with van der Waals surface area (Å²) in [6.07, 6.45) is 3.94. The Morgan fingerprint density at radius 2 is 2.08 bits per heavy atom. The van der Waals surface area contributed by atoms with Crippen LogP contribution in [-0.2, 0) is 0 Å². The molecule has 3 aromatic heterocycles. The number of rotatable bonds is 5. The smallest absolute Gasteiger partial charge is 0.259 e. The van der Waals surface area contributed by atoms with E-state index in [1.165, 1.54) is 0 Å². The highest BCUT2D eigenvalue weighted by Gasteiger charge is 2.29. The predicted octanol–water partition coefficient (Wildman–Crippen LogP) is 4.11. The number of nitrogens with zero attached hydrogens (tertiary/aromatic N) is 3. The van der Waals surface area contributed by atoms with Crippen molar-refractivity contribution < 1.29 is 9.32 Å². The first-order valence-corrected chi connectivity index (χ1v) is 9.06. The number of aromatic nitrogens is 3. The quantitative estimate of drug-likeness (QED) is 0.749. The Bertz CT molecular complexity index is 945. The highest BCUT2D eigenvalue weighted by atomic mass is 16.5. The van der Waals surface area contributed by atoms with Gasteiger partial charge in [0.2, 0.25) is 0 Å². The summed E-state index contributed by atoms with van der Waals surface area (Å²) in [4.78, 5) is 22.0. The summed E-state index contributed by atoms with van der Waals surface area (Å²) in [6.45, 7) is 5.99. The second-order valence-corrected chi connectivity index (χ2v) is 7.22. The number of hydrogen-bond donors (Lipinski definition) is 1. The van der Waals surface area contributed by atoms with Gasteiger partial charge in [0.1, 0.15) is 0 Å². The van der Waals surface area contributed by atoms with Crippen molar-refractivity contribution in [2.45, 2.75) is 51.5 Å². The minimum Gasteiger partial charge on any atom is -0.344 e. The minimum atomic E-state index is -0.196. The van der Waals surface area contributed by atoms with E-state index in [9.17, 15) is 4.79 Å². The van der Waals surface area contributed by atoms with E-state index in [-0.39, 0.29) is 17.9 Å². The molecule has 4 rings (SSSR count). The van der Waals surface area contributed by atoms with Gasteiger partial charge < -0.3 is 9.84 Å². The second kappa shape index (κ2) is 6.52. The van der Waals surface area contributed by atoms with Crippen molar-refractivity contribution in [1.82, 2.24) is 20.4 Å². The van der Waals surface area contributed by atoms with Gasteiger partial charge in [-0.1, -0.05) is 25.1 Å². The van der Waals surface area contributed by atoms with Crippen LogP contribution >= 0.6 is 0 Å². The lowest BCUT2D eigenvalue weighted by Gasteiger charge is -2.14. The zero-order chi connectivity index (χ0) is 18.3. The van der Waals surface area contributed by atoms with Gasteiger partial charge in [0.25, 0.3) is 11.6 Å². The summed E-state index contributed by atoms with van der Waals surface area (Å²) >= 11 is 0. The first-order valence-electron chi connectivity index (χ1n) is 9.06. The molecule has 134 valence electrons. The topological polar surface area (TPSA) is 80.9 Å². The molecule has 1 aliphatic carbocycles. The molecule has 26 heavy (non-hydrogen) atoms. The molecule has 1 unspecified atom stereocenters. The summed E-state index contributed by atoms with van der Waals surface area (Å²) < 4.78 is 5.46. The molecule has 0 bridgehead atoms. The molecule has 1 amide bonds. The SMILES string of the molecule is CC(C)c1noc2nc(C3CC3)cc(C(=O)NC(C)c3ccccn3)c12. The van der Waals surface area contributed by atoms with Gasteiger partial charge >= 0.3 is 0 Å². The number of carbonyl (C=O) groups excluding carboxylic acids is 1. The predicted molar refractivity (Wildman–Crippen MR) is 98.0 cm³/mol. The molecular formula is C20H22N4O2. The third-order valence-corrected chi connectivity index (χ3v) is 4.76. The van der Waals surface area contributed by atoms with Crippen LogP contribution in [0.5, 0.6) is 0 Å². The lowest BCUT2D eigenvalue weighted by atomic mass is 10.0. The van der Waals surface area contributed by atoms with Crippen molar-refractivity contribution in [3.8, 4) is 0 Å². The highest BCUT2D eigenvalue weighted by molar-refractivity contribution is 6.06. The van der Waals surface area contributed by atoms with Crippen LogP contribution in [0.2, 0.25) is 0 Å². The average Bonchev–Trinajstić information content (AvgIpc) is 3.40. The Labute approximate surface area is 152 Å². The first kappa shape index (κ1) is 16.7. The number of nitrogens with one attached hydrogen (secondary N) is 1. The largest absolute Gasteiger partial charge is 0.344 e. The van der Waals surface area contributed by atoms with Crippen LogP contribution in [0.25, 0.3) is 11.1 Å². The summed E-state index contributed by atoms with van der Waals surface area (Å²) in [5.41, 5.74) is 3.55. The summed E-state index contributed by atoms with van der Waals surface area (Å²) in [5, 5.41) is 7.93. The summed E-state index contributed by atoms with van der Waals surface area (Å²) in [5.74, 6) is 0.416. The van der Waals surface area contributed by atoms with Crippen LogP contribution in [0.3, 0.4) is 0 Å². The van der Waals surface area contributed by atoms with Crippen molar-refractivity contribution in [3.63, 3.8) is 0 Å². The standard InChI is InChI=1S/C20H22N4O2/c1-11(2)18-17-14(10-16(13-7-8-13)23-20(17)26-24-18)19(25)22-12(3)15-6-4-5-9-21-15/h4-6,9-13H,7-8H2,1-3H3,(H,22,25). The number of carbonyl (C=O) groups is 1. The maximum Gasteiger partial charge on any atom is 0.259 e. The van der Waals surface area contributed by atoms with Crippen LogP contribution < -0.4 is 5.32 Å². The van der Waals surface area contributed by atoms with Crippen molar-refractivity contribution in [3.05, 3.63) is 53.1 Å². The fraction of sp³-hybridized carbons (Fsp3) is 0.400. The van der Waals surface area contributed by atoms with E-state index in [4.69, 9.17) is 4.52 Å². The maximum atomic E-state index is 13.1. The molecule has 0 saturated heterocycles. The lowest BCUT2D eigenvalue weighted by molar-refractivity contribution is 0.0940. The second-order valence-electron chi connectivity index (χ2n) is 7.22. The Morgan fingerprint density at radius 1 is 1.27 bits per heavy atom. The molecule has 1 N–H and O–H groups in total. The van der Waals surface area contributed by atoms with E-state index in [0.717, 1.165) is 35.3 Å². The number of amides is 1. The zero-order valence-electron chi connectivity index (χ0n) is 15.2. The summed E-state index contributed by atoms with van der Waals surface area (Å²) in [6, 6.07) is 7.39. The van der Waals surface area contributed by atoms with E-state index in [1.54, 1.807) is 6.20 Å². The molecule has 0 radical (unpaired) electrons. The molecule has 0 spiro atoms. The van der Waals surface area contributed by atoms with Crippen LogP contribution in [-0.4, -0.2) is 21.0 Å². The van der Waals surface area contributed by atoms with E-state index in [0.29, 0.717) is 17.2 Å². The van der Waals surface area contributed by atoms with Gasteiger partial charge in [-0.15, -0.1) is 0 Å². The van der Waals surface area contributed by atoms with Gasteiger partial charge in [0.05, 0.1) is 28.4 Å². The molecule has 0 aliphatic heterocycles. The number of pyridine rings is 2. The molecule has 3 heterocycles. The maximum absolute atomic E-state index is 13.1. The van der Waals surface area contributed by atoms with E-state index in [1.807, 2.05) is 45.0 Å². The van der Waals surface area contributed by atoms with Crippen LogP contribution in [0, 0.1) is 0 Å². The molecule has 3 aromatic rings. The highest BCUT2D eigenvalue weighted by Crippen LogP contribution is 2.41. The third-order valence-electron chi connectivity index (χ3n) is 4.76. The molecule has 1 fully saturated rings. The van der Waals surface area contributed by atoms with Crippen LogP contribution in [0.15, 0.2) is 35.0 Å². The van der Waals surface area contributed by atoms with Crippen molar-refractivity contribution in [2.75, 3.05) is 0 Å². The van der Waals surface area contributed by atoms with Gasteiger partial charge in [-0.05, 0) is 43.9 Å². The fourth-order valence-corrected chi connectivity index (χ4v) is 3.13. The molecule has 1 atom stereocenters. The van der Waals surface area contributed by atoms with Crippen molar-refractivity contribution in [2.24, 2.45) is 0 Å². The molecule has 1 saturated carbocycles. The Kier molecular flexibility index (Phi) is 4.18. The van der Waals surface area contributed by atoms with Crippen molar-refractivity contribution >= 4 is 17.0 Å². The lowest BCUT2D eigenvalue weighted by Crippen LogP contribution is -2.27. The number of fused-ring (bicyclic) bond motifs is 1. The minimum absolute atomic E-state index is 0.143. The van der Waals surface area contributed by atoms with Crippen molar-refractivity contribution in [1.29, 1.82) is 0 Å². The zero-order valence-corrected chi connectivity index (χ0v) is 15.2. The molecule has 6 heteroatoms. The average molecular weight is 350 g/mol. The van der Waals surface area contributed by atoms with Crippen LogP contribution in [0.4, 0.5) is 0 Å². The van der Waals surface area contributed by atoms with Gasteiger partial charge in [-0.3, -0.25) is 9.78 Å². The molecule has 0 aromatic carbocycles. The van der Waals surface area contributed by atoms with E-state index >= 15 is 0 Å². The molecule has 1 aliphatic rings. The molecular weight excluding hydrogens is 328 g/mol. The fourth-order valence-electron chi connectivity index (χ4n) is 3.13. The Morgan fingerprint density at radius 3 is 2.73 bits per heavy atom. The normalized spacial score (nSPS) is 15.4. The van der Waals surface area contributed by atoms with E-state index < -0.39 is 0 Å². The Balaban J connectivity index is 1.73.